The molecule has 3 heterocycles. The standard InChI is InChI=1S/C14H16N6O/c15-8-11-13(16)20(12-5-1-2-6-17-12)18-14(11)19-7-3-4-10(21)9-19/h1-2,5-6,10,21H,3-4,7,9,16H2. The Balaban J connectivity index is 2.04. The highest BCUT2D eigenvalue weighted by atomic mass is 16.3. The van der Waals surface area contributed by atoms with Crippen LogP contribution in [-0.4, -0.2) is 39.1 Å². The molecule has 0 radical (unpaired) electrons. The molecule has 1 saturated heterocycles. The maximum Gasteiger partial charge on any atom is 0.171 e. The quantitative estimate of drug-likeness (QED) is 0.840. The number of nitrogens with zero attached hydrogens (tertiary/aromatic N) is 5. The molecule has 2 aromatic rings. The first kappa shape index (κ1) is 13.4. The fourth-order valence-corrected chi connectivity index (χ4v) is 2.55. The molecule has 0 amide bonds. The molecule has 3 N–H and O–H groups in total. The van der Waals surface area contributed by atoms with Gasteiger partial charge in [-0.2, -0.15) is 9.94 Å². The van der Waals surface area contributed by atoms with Crippen LogP contribution in [0.5, 0.6) is 0 Å². The van der Waals surface area contributed by atoms with Crippen molar-refractivity contribution in [1.82, 2.24) is 14.8 Å². The molecule has 3 rings (SSSR count). The van der Waals surface area contributed by atoms with Crippen LogP contribution in [-0.2, 0) is 0 Å². The van der Waals surface area contributed by atoms with Gasteiger partial charge in [0.2, 0.25) is 0 Å². The number of nitriles is 1. The van der Waals surface area contributed by atoms with Crippen molar-refractivity contribution in [3.05, 3.63) is 30.0 Å². The van der Waals surface area contributed by atoms with Gasteiger partial charge in [0, 0.05) is 19.3 Å². The first-order valence-electron chi connectivity index (χ1n) is 6.83. The van der Waals surface area contributed by atoms with E-state index in [0.717, 1.165) is 19.4 Å². The minimum Gasteiger partial charge on any atom is -0.391 e. The number of anilines is 2. The first-order valence-corrected chi connectivity index (χ1v) is 6.83. The number of hydrogen-bond donors (Lipinski definition) is 2. The summed E-state index contributed by atoms with van der Waals surface area (Å²) < 4.78 is 1.47. The van der Waals surface area contributed by atoms with Crippen LogP contribution < -0.4 is 10.6 Å². The van der Waals surface area contributed by atoms with Crippen LogP contribution in [0.25, 0.3) is 5.82 Å². The molecule has 2 aromatic heterocycles. The Bertz CT molecular complexity index is 675. The molecule has 0 bridgehead atoms. The summed E-state index contributed by atoms with van der Waals surface area (Å²) in [5.74, 6) is 1.35. The van der Waals surface area contributed by atoms with E-state index < -0.39 is 6.10 Å². The zero-order valence-electron chi connectivity index (χ0n) is 11.5. The molecule has 0 aliphatic carbocycles. The van der Waals surface area contributed by atoms with E-state index >= 15 is 0 Å². The van der Waals surface area contributed by atoms with Gasteiger partial charge in [0.15, 0.2) is 11.6 Å². The Morgan fingerprint density at radius 3 is 2.95 bits per heavy atom. The predicted octanol–water partition coefficient (Wildman–Crippen LogP) is 0.682. The number of aliphatic hydroxyl groups is 1. The van der Waals surface area contributed by atoms with Gasteiger partial charge in [-0.1, -0.05) is 6.07 Å². The second-order valence-electron chi connectivity index (χ2n) is 5.04. The second kappa shape index (κ2) is 5.42. The minimum absolute atomic E-state index is 0.270. The third kappa shape index (κ3) is 2.41. The van der Waals surface area contributed by atoms with Crippen molar-refractivity contribution >= 4 is 11.6 Å². The molecule has 1 aliphatic rings. The van der Waals surface area contributed by atoms with Crippen molar-refractivity contribution < 1.29 is 5.11 Å². The zero-order valence-corrected chi connectivity index (χ0v) is 11.5. The monoisotopic (exact) mass is 284 g/mol. The van der Waals surface area contributed by atoms with E-state index in [1.807, 2.05) is 11.0 Å². The fraction of sp³-hybridized carbons (Fsp3) is 0.357. The minimum atomic E-state index is -0.397. The number of aliphatic hydroxyl groups excluding tert-OH is 1. The van der Waals surface area contributed by atoms with E-state index in [-0.39, 0.29) is 5.82 Å². The van der Waals surface area contributed by atoms with Gasteiger partial charge >= 0.3 is 0 Å². The molecule has 108 valence electrons. The van der Waals surface area contributed by atoms with Crippen LogP contribution >= 0.6 is 0 Å². The van der Waals surface area contributed by atoms with Crippen molar-refractivity contribution in [2.24, 2.45) is 0 Å². The van der Waals surface area contributed by atoms with Crippen molar-refractivity contribution in [1.29, 1.82) is 5.26 Å². The van der Waals surface area contributed by atoms with Gasteiger partial charge in [0.25, 0.3) is 0 Å². The lowest BCUT2D eigenvalue weighted by molar-refractivity contribution is 0.154. The van der Waals surface area contributed by atoms with Crippen molar-refractivity contribution in [3.8, 4) is 11.9 Å². The summed E-state index contributed by atoms with van der Waals surface area (Å²) in [5, 5.41) is 23.6. The normalized spacial score (nSPS) is 18.5. The summed E-state index contributed by atoms with van der Waals surface area (Å²) >= 11 is 0. The van der Waals surface area contributed by atoms with Crippen LogP contribution in [0.4, 0.5) is 11.6 Å². The maximum atomic E-state index is 9.79. The Morgan fingerprint density at radius 2 is 2.29 bits per heavy atom. The lowest BCUT2D eigenvalue weighted by Crippen LogP contribution is -2.38. The summed E-state index contributed by atoms with van der Waals surface area (Å²) in [7, 11) is 0. The Morgan fingerprint density at radius 1 is 1.43 bits per heavy atom. The molecule has 1 aliphatic heterocycles. The van der Waals surface area contributed by atoms with Gasteiger partial charge in [-0.3, -0.25) is 0 Å². The second-order valence-corrected chi connectivity index (χ2v) is 5.04. The predicted molar refractivity (Wildman–Crippen MR) is 77.9 cm³/mol. The highest BCUT2D eigenvalue weighted by Gasteiger charge is 2.26. The fourth-order valence-electron chi connectivity index (χ4n) is 2.55. The number of nitrogen functional groups attached to an aromatic ring is 1. The molecule has 1 atom stereocenters. The van der Waals surface area contributed by atoms with Crippen LogP contribution in [0, 0.1) is 11.3 Å². The first-order chi connectivity index (χ1) is 10.2. The number of nitrogens with two attached hydrogens (primary N) is 1. The van der Waals surface area contributed by atoms with Crippen molar-refractivity contribution in [2.45, 2.75) is 18.9 Å². The zero-order chi connectivity index (χ0) is 14.8. The third-order valence-corrected chi connectivity index (χ3v) is 3.58. The van der Waals surface area contributed by atoms with E-state index in [1.165, 1.54) is 4.68 Å². The number of β-amino-alcohol motifs (C(OH)–C–C–N with tert-alkyl or cyclic N) is 1. The van der Waals surface area contributed by atoms with Crippen molar-refractivity contribution in [3.63, 3.8) is 0 Å². The molecule has 21 heavy (non-hydrogen) atoms. The SMILES string of the molecule is N#Cc1c(N2CCCC(O)C2)nn(-c2ccccn2)c1N. The average Bonchev–Trinajstić information content (AvgIpc) is 2.85. The van der Waals surface area contributed by atoms with E-state index in [9.17, 15) is 10.4 Å². The van der Waals surface area contributed by atoms with Gasteiger partial charge in [0.05, 0.1) is 6.10 Å². The third-order valence-electron chi connectivity index (χ3n) is 3.58. The van der Waals surface area contributed by atoms with Crippen LogP contribution in [0.3, 0.4) is 0 Å². The molecule has 7 nitrogen and oxygen atoms in total. The molecular formula is C14H16N6O. The number of hydrogen-bond acceptors (Lipinski definition) is 6. The van der Waals surface area contributed by atoms with Gasteiger partial charge in [0.1, 0.15) is 17.5 Å². The van der Waals surface area contributed by atoms with Crippen LogP contribution in [0.2, 0.25) is 0 Å². The molecular weight excluding hydrogens is 268 g/mol. The summed E-state index contributed by atoms with van der Waals surface area (Å²) in [6, 6.07) is 7.52. The Hall–Kier alpha value is -2.59. The highest BCUT2D eigenvalue weighted by Crippen LogP contribution is 2.28. The van der Waals surface area contributed by atoms with Crippen LogP contribution in [0.1, 0.15) is 18.4 Å². The molecule has 1 unspecified atom stereocenters. The summed E-state index contributed by atoms with van der Waals surface area (Å²) in [6.07, 6.45) is 2.89. The lowest BCUT2D eigenvalue weighted by atomic mass is 10.1. The number of rotatable bonds is 2. The Labute approximate surface area is 122 Å². The van der Waals surface area contributed by atoms with Gasteiger partial charge in [-0.05, 0) is 25.0 Å². The van der Waals surface area contributed by atoms with Gasteiger partial charge < -0.3 is 15.7 Å². The highest BCUT2D eigenvalue weighted by molar-refractivity contribution is 5.66. The topological polar surface area (TPSA) is 104 Å². The molecule has 0 saturated carbocycles. The molecule has 7 heteroatoms. The Kier molecular flexibility index (Phi) is 3.46. The summed E-state index contributed by atoms with van der Waals surface area (Å²) in [4.78, 5) is 6.11. The van der Waals surface area contributed by atoms with Gasteiger partial charge in [-0.15, -0.1) is 5.10 Å². The number of pyridine rings is 1. The molecule has 0 aromatic carbocycles. The molecule has 0 spiro atoms. The van der Waals surface area contributed by atoms with E-state index in [1.54, 1.807) is 18.3 Å². The largest absolute Gasteiger partial charge is 0.391 e. The molecule has 1 fully saturated rings. The van der Waals surface area contributed by atoms with Crippen LogP contribution in [0.15, 0.2) is 24.4 Å². The summed E-state index contributed by atoms with van der Waals surface area (Å²) in [5.41, 5.74) is 6.37. The number of piperidine rings is 1. The summed E-state index contributed by atoms with van der Waals surface area (Å²) in [6.45, 7) is 1.22. The maximum absolute atomic E-state index is 9.79. The van der Waals surface area contributed by atoms with Gasteiger partial charge in [-0.25, -0.2) is 4.98 Å². The average molecular weight is 284 g/mol. The van der Waals surface area contributed by atoms with E-state index in [2.05, 4.69) is 16.2 Å². The van der Waals surface area contributed by atoms with Crippen molar-refractivity contribution in [2.75, 3.05) is 23.7 Å². The lowest BCUT2D eigenvalue weighted by Gasteiger charge is -2.30. The van der Waals surface area contributed by atoms with E-state index in [0.29, 0.717) is 23.7 Å². The smallest absolute Gasteiger partial charge is 0.171 e. The van der Waals surface area contributed by atoms with E-state index in [4.69, 9.17) is 5.73 Å². The number of aromatic nitrogens is 3.